The van der Waals surface area contributed by atoms with E-state index in [1.807, 2.05) is 18.2 Å². The fourth-order valence-electron chi connectivity index (χ4n) is 2.76. The summed E-state index contributed by atoms with van der Waals surface area (Å²) in [7, 11) is 0. The summed E-state index contributed by atoms with van der Waals surface area (Å²) in [4.78, 5) is 12.3. The number of Topliss-reactive ketones (excluding diaryl/α,β-unsaturated/α-hetero) is 1. The molecule has 0 saturated carbocycles. The summed E-state index contributed by atoms with van der Waals surface area (Å²) in [6.45, 7) is 0.801. The van der Waals surface area contributed by atoms with Crippen molar-refractivity contribution in [1.82, 2.24) is 0 Å². The van der Waals surface area contributed by atoms with Crippen LogP contribution in [0.25, 0.3) is 0 Å². The highest BCUT2D eigenvalue weighted by molar-refractivity contribution is 9.10. The first-order valence-corrected chi connectivity index (χ1v) is 7.71. The molecule has 21 heavy (non-hydrogen) atoms. The van der Waals surface area contributed by atoms with E-state index in [1.54, 1.807) is 6.07 Å². The van der Waals surface area contributed by atoms with Gasteiger partial charge in [0, 0.05) is 35.5 Å². The maximum absolute atomic E-state index is 13.1. The van der Waals surface area contributed by atoms with E-state index in [-0.39, 0.29) is 17.5 Å². The van der Waals surface area contributed by atoms with Crippen molar-refractivity contribution in [2.45, 2.75) is 18.8 Å². The molecule has 1 aliphatic heterocycles. The van der Waals surface area contributed by atoms with Crippen molar-refractivity contribution >= 4 is 27.4 Å². The minimum atomic E-state index is -0.299. The summed E-state index contributed by atoms with van der Waals surface area (Å²) in [5, 5.41) is 3.33. The highest BCUT2D eigenvalue weighted by Crippen LogP contribution is 2.33. The summed E-state index contributed by atoms with van der Waals surface area (Å²) in [6.07, 6.45) is 0.841. The van der Waals surface area contributed by atoms with Crippen molar-refractivity contribution in [3.8, 4) is 0 Å². The van der Waals surface area contributed by atoms with Gasteiger partial charge in [0.2, 0.25) is 0 Å². The van der Waals surface area contributed by atoms with E-state index in [0.717, 1.165) is 17.8 Å². The van der Waals surface area contributed by atoms with E-state index in [0.29, 0.717) is 17.3 Å². The molecule has 0 spiro atoms. The molecule has 4 heteroatoms. The topological polar surface area (TPSA) is 29.1 Å². The van der Waals surface area contributed by atoms with Crippen LogP contribution >= 0.6 is 15.9 Å². The fraction of sp³-hybridized carbons (Fsp3) is 0.235. The molecule has 1 N–H and O–H groups in total. The number of hydrogen-bond donors (Lipinski definition) is 1. The van der Waals surface area contributed by atoms with Crippen LogP contribution in [0.3, 0.4) is 0 Å². The number of carbonyl (C=O) groups is 1. The summed E-state index contributed by atoms with van der Waals surface area (Å²) in [5.41, 5.74) is 3.17. The van der Waals surface area contributed by atoms with E-state index >= 15 is 0 Å². The second kappa shape index (κ2) is 5.98. The first kappa shape index (κ1) is 14.3. The predicted molar refractivity (Wildman–Crippen MR) is 85.1 cm³/mol. The molecule has 1 atom stereocenters. The molecule has 1 heterocycles. The third-order valence-electron chi connectivity index (χ3n) is 3.82. The second-order valence-electron chi connectivity index (χ2n) is 5.32. The van der Waals surface area contributed by atoms with Crippen molar-refractivity contribution < 1.29 is 9.18 Å². The number of anilines is 1. The largest absolute Gasteiger partial charge is 0.384 e. The van der Waals surface area contributed by atoms with Gasteiger partial charge in [0.1, 0.15) is 11.6 Å². The number of hydrogen-bond acceptors (Lipinski definition) is 2. The number of benzene rings is 2. The average Bonchev–Trinajstić information content (AvgIpc) is 2.85. The molecule has 108 valence electrons. The van der Waals surface area contributed by atoms with Crippen molar-refractivity contribution in [3.05, 3.63) is 63.9 Å². The van der Waals surface area contributed by atoms with Crippen LogP contribution in [0, 0.1) is 5.82 Å². The normalized spacial score (nSPS) is 16.4. The molecular formula is C17H15BrFNO. The molecule has 1 unspecified atom stereocenters. The molecule has 2 nitrogen and oxygen atoms in total. The van der Waals surface area contributed by atoms with E-state index in [9.17, 15) is 9.18 Å². The van der Waals surface area contributed by atoms with Gasteiger partial charge in [-0.1, -0.05) is 40.2 Å². The number of carbonyl (C=O) groups excluding carboxylic acids is 1. The first-order chi connectivity index (χ1) is 10.1. The highest BCUT2D eigenvalue weighted by Gasteiger charge is 2.24. The third kappa shape index (κ3) is 3.16. The molecule has 0 aliphatic carbocycles. The summed E-state index contributed by atoms with van der Waals surface area (Å²) < 4.78 is 13.7. The monoisotopic (exact) mass is 347 g/mol. The standard InChI is InChI=1S/C17H15BrFNO/c18-16-9-13(19)6-5-11(16)7-14(21)8-12-10-20-17-4-2-1-3-15(12)17/h1-6,9,12,20H,7-8,10H2. The first-order valence-electron chi connectivity index (χ1n) is 6.92. The maximum atomic E-state index is 13.1. The lowest BCUT2D eigenvalue weighted by Gasteiger charge is -2.10. The molecule has 0 saturated heterocycles. The molecule has 1 aliphatic rings. The van der Waals surface area contributed by atoms with Crippen molar-refractivity contribution in [3.63, 3.8) is 0 Å². The van der Waals surface area contributed by atoms with Gasteiger partial charge < -0.3 is 5.32 Å². The van der Waals surface area contributed by atoms with Crippen molar-refractivity contribution in [2.24, 2.45) is 0 Å². The number of halogens is 2. The van der Waals surface area contributed by atoms with Crippen LogP contribution in [-0.4, -0.2) is 12.3 Å². The summed E-state index contributed by atoms with van der Waals surface area (Å²) >= 11 is 3.31. The number of para-hydroxylation sites is 1. The lowest BCUT2D eigenvalue weighted by Crippen LogP contribution is -2.11. The van der Waals surface area contributed by atoms with Crippen molar-refractivity contribution in [1.29, 1.82) is 0 Å². The van der Waals surface area contributed by atoms with Crippen LogP contribution in [0.5, 0.6) is 0 Å². The van der Waals surface area contributed by atoms with Crippen LogP contribution in [0.4, 0.5) is 10.1 Å². The van der Waals surface area contributed by atoms with E-state index in [1.165, 1.54) is 17.7 Å². The van der Waals surface area contributed by atoms with Crippen LogP contribution < -0.4 is 5.32 Å². The van der Waals surface area contributed by atoms with Gasteiger partial charge in [-0.05, 0) is 29.3 Å². The SMILES string of the molecule is O=C(Cc1ccc(F)cc1Br)CC1CNc2ccccc21. The lowest BCUT2D eigenvalue weighted by atomic mass is 9.93. The molecule has 0 fully saturated rings. The average molecular weight is 348 g/mol. The zero-order chi connectivity index (χ0) is 14.8. The van der Waals surface area contributed by atoms with Gasteiger partial charge in [-0.3, -0.25) is 4.79 Å². The Kier molecular flexibility index (Phi) is 4.06. The van der Waals surface area contributed by atoms with Gasteiger partial charge in [-0.25, -0.2) is 4.39 Å². The third-order valence-corrected chi connectivity index (χ3v) is 4.55. The zero-order valence-electron chi connectivity index (χ0n) is 11.4. The fourth-order valence-corrected chi connectivity index (χ4v) is 3.25. The molecule has 0 radical (unpaired) electrons. The number of ketones is 1. The molecule has 3 rings (SSSR count). The van der Waals surface area contributed by atoms with E-state index in [2.05, 4.69) is 27.3 Å². The Morgan fingerprint density at radius 1 is 1.29 bits per heavy atom. The van der Waals surface area contributed by atoms with Crippen LogP contribution in [0.2, 0.25) is 0 Å². The van der Waals surface area contributed by atoms with Crippen LogP contribution in [-0.2, 0) is 11.2 Å². The number of rotatable bonds is 4. The lowest BCUT2D eigenvalue weighted by molar-refractivity contribution is -0.118. The molecule has 0 amide bonds. The van der Waals surface area contributed by atoms with E-state index < -0.39 is 0 Å². The number of fused-ring (bicyclic) bond motifs is 1. The minimum absolute atomic E-state index is 0.172. The van der Waals surface area contributed by atoms with Gasteiger partial charge in [0.25, 0.3) is 0 Å². The molecule has 0 aromatic heterocycles. The van der Waals surface area contributed by atoms with Gasteiger partial charge >= 0.3 is 0 Å². The Labute approximate surface area is 131 Å². The Hall–Kier alpha value is -1.68. The predicted octanol–water partition coefficient (Wildman–Crippen LogP) is 4.30. The molecule has 0 bridgehead atoms. The zero-order valence-corrected chi connectivity index (χ0v) is 13.0. The number of nitrogens with one attached hydrogen (secondary N) is 1. The van der Waals surface area contributed by atoms with E-state index in [4.69, 9.17) is 0 Å². The Bertz CT molecular complexity index is 686. The Morgan fingerprint density at radius 2 is 2.10 bits per heavy atom. The molecule has 2 aromatic rings. The molecular weight excluding hydrogens is 333 g/mol. The van der Waals surface area contributed by atoms with Gasteiger partial charge in [0.15, 0.2) is 0 Å². The summed E-state index contributed by atoms with van der Waals surface area (Å²) in [5.74, 6) is 0.103. The van der Waals surface area contributed by atoms with Crippen molar-refractivity contribution in [2.75, 3.05) is 11.9 Å². The Balaban J connectivity index is 1.68. The quantitative estimate of drug-likeness (QED) is 0.893. The Morgan fingerprint density at radius 3 is 2.90 bits per heavy atom. The van der Waals surface area contributed by atoms with Crippen LogP contribution in [0.15, 0.2) is 46.9 Å². The van der Waals surface area contributed by atoms with Crippen LogP contribution in [0.1, 0.15) is 23.5 Å². The highest BCUT2D eigenvalue weighted by atomic mass is 79.9. The van der Waals surface area contributed by atoms with Gasteiger partial charge in [-0.2, -0.15) is 0 Å². The van der Waals surface area contributed by atoms with Gasteiger partial charge in [-0.15, -0.1) is 0 Å². The minimum Gasteiger partial charge on any atom is -0.384 e. The summed E-state index contributed by atoms with van der Waals surface area (Å²) in [6, 6.07) is 12.6. The van der Waals surface area contributed by atoms with Gasteiger partial charge in [0.05, 0.1) is 0 Å². The smallest absolute Gasteiger partial charge is 0.137 e. The maximum Gasteiger partial charge on any atom is 0.137 e. The second-order valence-corrected chi connectivity index (χ2v) is 6.17. The molecule has 2 aromatic carbocycles.